The van der Waals surface area contributed by atoms with Crippen LogP contribution in [-0.2, 0) is 6.54 Å². The summed E-state index contributed by atoms with van der Waals surface area (Å²) in [5.41, 5.74) is 1.59. The number of aliphatic hydroxyl groups is 1. The molecule has 0 fully saturated rings. The summed E-state index contributed by atoms with van der Waals surface area (Å²) in [4.78, 5) is 11.8. The van der Waals surface area contributed by atoms with Gasteiger partial charge in [-0.3, -0.25) is 0 Å². The predicted octanol–water partition coefficient (Wildman–Crippen LogP) is 2.64. The molecule has 0 radical (unpaired) electrons. The second kappa shape index (κ2) is 8.09. The molecule has 2 amide bonds. The monoisotopic (exact) mass is 362 g/mol. The number of amides is 2. The molecule has 0 bridgehead atoms. The molecule has 6 nitrogen and oxygen atoms in total. The van der Waals surface area contributed by atoms with Crippen LogP contribution in [0.4, 0.5) is 4.79 Å². The van der Waals surface area contributed by atoms with E-state index in [1.165, 1.54) is 0 Å². The minimum absolute atomic E-state index is 0.0894. The van der Waals surface area contributed by atoms with E-state index >= 15 is 0 Å². The first-order chi connectivity index (χ1) is 12.1. The Bertz CT molecular complexity index is 736. The topological polar surface area (TPSA) is 79.8 Å². The van der Waals surface area contributed by atoms with E-state index in [1.807, 2.05) is 12.1 Å². The number of ether oxygens (including phenoxy) is 2. The van der Waals surface area contributed by atoms with Gasteiger partial charge in [0.25, 0.3) is 0 Å². The van der Waals surface area contributed by atoms with Gasteiger partial charge in [0.2, 0.25) is 0 Å². The Labute approximate surface area is 150 Å². The van der Waals surface area contributed by atoms with Crippen molar-refractivity contribution in [2.75, 3.05) is 19.8 Å². The summed E-state index contributed by atoms with van der Waals surface area (Å²) in [5, 5.41) is 16.3. The molecule has 25 heavy (non-hydrogen) atoms. The van der Waals surface area contributed by atoms with Gasteiger partial charge in [-0.05, 0) is 35.4 Å². The fraction of sp³-hybridized carbons (Fsp3) is 0.278. The first-order valence-corrected chi connectivity index (χ1v) is 8.33. The van der Waals surface area contributed by atoms with E-state index in [0.717, 1.165) is 5.56 Å². The zero-order valence-electron chi connectivity index (χ0n) is 13.5. The number of hydrogen-bond donors (Lipinski definition) is 3. The van der Waals surface area contributed by atoms with Crippen LogP contribution >= 0.6 is 11.6 Å². The molecule has 1 heterocycles. The molecule has 3 N–H and O–H groups in total. The van der Waals surface area contributed by atoms with Crippen molar-refractivity contribution in [3.63, 3.8) is 0 Å². The van der Waals surface area contributed by atoms with Crippen molar-refractivity contribution < 1.29 is 19.4 Å². The summed E-state index contributed by atoms with van der Waals surface area (Å²) < 4.78 is 10.9. The highest BCUT2D eigenvalue weighted by atomic mass is 35.5. The van der Waals surface area contributed by atoms with Crippen LogP contribution in [0, 0.1) is 0 Å². The van der Waals surface area contributed by atoms with Crippen LogP contribution in [0.3, 0.4) is 0 Å². The van der Waals surface area contributed by atoms with E-state index in [-0.39, 0.29) is 12.6 Å². The second-order valence-corrected chi connectivity index (χ2v) is 6.05. The lowest BCUT2D eigenvalue weighted by Gasteiger charge is -2.20. The molecule has 0 aromatic heterocycles. The van der Waals surface area contributed by atoms with Gasteiger partial charge in [-0.15, -0.1) is 0 Å². The first kappa shape index (κ1) is 17.4. The fourth-order valence-corrected chi connectivity index (χ4v) is 2.55. The smallest absolute Gasteiger partial charge is 0.315 e. The Balaban J connectivity index is 1.47. The van der Waals surface area contributed by atoms with Gasteiger partial charge in [0, 0.05) is 18.1 Å². The van der Waals surface area contributed by atoms with E-state index in [9.17, 15) is 9.90 Å². The second-order valence-electron chi connectivity index (χ2n) is 5.61. The highest BCUT2D eigenvalue weighted by Crippen LogP contribution is 2.32. The molecule has 2 aromatic carbocycles. The number of halogens is 1. The maximum atomic E-state index is 11.8. The van der Waals surface area contributed by atoms with Gasteiger partial charge in [-0.1, -0.05) is 29.8 Å². The van der Waals surface area contributed by atoms with Gasteiger partial charge < -0.3 is 25.2 Å². The lowest BCUT2D eigenvalue weighted by Crippen LogP contribution is -2.37. The SMILES string of the molecule is O=C(NCc1ccc(Cl)cc1)NC[C@H](O)c1ccc2c(c1)OCCO2. The van der Waals surface area contributed by atoms with Crippen LogP contribution in [0.25, 0.3) is 0 Å². The molecule has 3 rings (SSSR count). The number of aliphatic hydroxyl groups excluding tert-OH is 1. The summed E-state index contributed by atoms with van der Waals surface area (Å²) in [6.45, 7) is 1.47. The van der Waals surface area contributed by atoms with Gasteiger partial charge in [0.15, 0.2) is 11.5 Å². The number of fused-ring (bicyclic) bond motifs is 1. The van der Waals surface area contributed by atoms with Crippen LogP contribution in [-0.4, -0.2) is 30.9 Å². The summed E-state index contributed by atoms with van der Waals surface area (Å²) in [6.07, 6.45) is -0.836. The average Bonchev–Trinajstić information content (AvgIpc) is 2.65. The number of carbonyl (C=O) groups is 1. The normalized spacial score (nSPS) is 13.8. The van der Waals surface area contributed by atoms with Crippen molar-refractivity contribution in [1.29, 1.82) is 0 Å². The molecule has 1 aliphatic heterocycles. The largest absolute Gasteiger partial charge is 0.486 e. The molecule has 132 valence electrons. The molecule has 0 unspecified atom stereocenters. The van der Waals surface area contributed by atoms with E-state index in [0.29, 0.717) is 41.8 Å². The number of nitrogens with one attached hydrogen (secondary N) is 2. The Kier molecular flexibility index (Phi) is 5.63. The van der Waals surface area contributed by atoms with Crippen LogP contribution in [0.1, 0.15) is 17.2 Å². The minimum Gasteiger partial charge on any atom is -0.486 e. The van der Waals surface area contributed by atoms with E-state index in [2.05, 4.69) is 10.6 Å². The van der Waals surface area contributed by atoms with Gasteiger partial charge in [-0.2, -0.15) is 0 Å². The third kappa shape index (κ3) is 4.78. The van der Waals surface area contributed by atoms with Gasteiger partial charge in [0.1, 0.15) is 13.2 Å². The Morgan fingerprint density at radius 3 is 2.56 bits per heavy atom. The third-order valence-corrected chi connectivity index (χ3v) is 4.03. The highest BCUT2D eigenvalue weighted by molar-refractivity contribution is 6.30. The molecule has 1 atom stereocenters. The molecule has 7 heteroatoms. The summed E-state index contributed by atoms with van der Waals surface area (Å²) in [6, 6.07) is 12.1. The zero-order chi connectivity index (χ0) is 17.6. The molecule has 0 saturated heterocycles. The van der Waals surface area contributed by atoms with Crippen molar-refractivity contribution in [1.82, 2.24) is 10.6 Å². The standard InChI is InChI=1S/C18H19ClN2O4/c19-14-4-1-12(2-5-14)10-20-18(23)21-11-15(22)13-3-6-16-17(9-13)25-8-7-24-16/h1-6,9,15,22H,7-8,10-11H2,(H2,20,21,23)/t15-/m0/s1. The van der Waals surface area contributed by atoms with Crippen molar-refractivity contribution >= 4 is 17.6 Å². The minimum atomic E-state index is -0.836. The van der Waals surface area contributed by atoms with E-state index in [4.69, 9.17) is 21.1 Å². The maximum Gasteiger partial charge on any atom is 0.315 e. The van der Waals surface area contributed by atoms with Crippen molar-refractivity contribution in [3.8, 4) is 11.5 Å². The first-order valence-electron chi connectivity index (χ1n) is 7.95. The number of benzene rings is 2. The third-order valence-electron chi connectivity index (χ3n) is 3.77. The Morgan fingerprint density at radius 1 is 1.08 bits per heavy atom. The van der Waals surface area contributed by atoms with E-state index in [1.54, 1.807) is 30.3 Å². The molecular formula is C18H19ClN2O4. The van der Waals surface area contributed by atoms with Crippen molar-refractivity contribution in [3.05, 3.63) is 58.6 Å². The molecule has 2 aromatic rings. The lowest BCUT2D eigenvalue weighted by atomic mass is 10.1. The number of rotatable bonds is 5. The summed E-state index contributed by atoms with van der Waals surface area (Å²) in [5.74, 6) is 1.27. The molecule has 0 saturated carbocycles. The molecule has 0 aliphatic carbocycles. The van der Waals surface area contributed by atoms with Gasteiger partial charge in [-0.25, -0.2) is 4.79 Å². The maximum absolute atomic E-state index is 11.8. The zero-order valence-corrected chi connectivity index (χ0v) is 14.3. The molecule has 0 spiro atoms. The van der Waals surface area contributed by atoms with Crippen LogP contribution in [0.15, 0.2) is 42.5 Å². The summed E-state index contributed by atoms with van der Waals surface area (Å²) in [7, 11) is 0. The highest BCUT2D eigenvalue weighted by Gasteiger charge is 2.16. The quantitative estimate of drug-likeness (QED) is 0.764. The van der Waals surface area contributed by atoms with Crippen molar-refractivity contribution in [2.45, 2.75) is 12.6 Å². The van der Waals surface area contributed by atoms with Gasteiger partial charge in [0.05, 0.1) is 6.10 Å². The van der Waals surface area contributed by atoms with Crippen LogP contribution in [0.5, 0.6) is 11.5 Å². The Morgan fingerprint density at radius 2 is 1.80 bits per heavy atom. The Hall–Kier alpha value is -2.44. The van der Waals surface area contributed by atoms with Gasteiger partial charge >= 0.3 is 6.03 Å². The van der Waals surface area contributed by atoms with Crippen molar-refractivity contribution in [2.24, 2.45) is 0 Å². The van der Waals surface area contributed by atoms with Crippen LogP contribution in [0.2, 0.25) is 5.02 Å². The lowest BCUT2D eigenvalue weighted by molar-refractivity contribution is 0.163. The van der Waals surface area contributed by atoms with E-state index < -0.39 is 6.10 Å². The average molecular weight is 363 g/mol. The number of urea groups is 1. The molecular weight excluding hydrogens is 344 g/mol. The van der Waals surface area contributed by atoms with Crippen LogP contribution < -0.4 is 20.1 Å². The fourth-order valence-electron chi connectivity index (χ4n) is 2.42. The molecule has 1 aliphatic rings. The predicted molar refractivity (Wildman–Crippen MR) is 94.1 cm³/mol. The number of hydrogen-bond acceptors (Lipinski definition) is 4. The summed E-state index contributed by atoms with van der Waals surface area (Å²) >= 11 is 5.82. The number of carbonyl (C=O) groups excluding carboxylic acids is 1.